The lowest BCUT2D eigenvalue weighted by atomic mass is 10.2. The summed E-state index contributed by atoms with van der Waals surface area (Å²) in [5.41, 5.74) is -0.533. The third-order valence-electron chi connectivity index (χ3n) is 3.53. The van der Waals surface area contributed by atoms with E-state index in [1.54, 1.807) is 24.3 Å². The normalized spacial score (nSPS) is 15.3. The average Bonchev–Trinajstić information content (AvgIpc) is 2.66. The van der Waals surface area contributed by atoms with E-state index in [4.69, 9.17) is 9.47 Å². The Kier molecular flexibility index (Phi) is 4.97. The summed E-state index contributed by atoms with van der Waals surface area (Å²) in [5, 5.41) is 4.35. The number of benzene rings is 2. The van der Waals surface area contributed by atoms with Crippen molar-refractivity contribution in [1.82, 2.24) is 5.32 Å². The van der Waals surface area contributed by atoms with E-state index in [0.717, 1.165) is 6.07 Å². The van der Waals surface area contributed by atoms with Gasteiger partial charge in [0.15, 0.2) is 29.0 Å². The first-order valence-electron chi connectivity index (χ1n) is 7.55. The van der Waals surface area contributed by atoms with Crippen molar-refractivity contribution in [2.24, 2.45) is 0 Å². The van der Waals surface area contributed by atoms with Crippen molar-refractivity contribution >= 4 is 17.5 Å². The number of hydrogen-bond acceptors (Lipinski definition) is 4. The maximum atomic E-state index is 13.5. The van der Waals surface area contributed by atoms with E-state index in [1.807, 2.05) is 5.32 Å². The van der Waals surface area contributed by atoms with Gasteiger partial charge in [-0.25, -0.2) is 13.2 Å². The lowest BCUT2D eigenvalue weighted by Crippen LogP contribution is -2.46. The lowest BCUT2D eigenvalue weighted by Gasteiger charge is -2.25. The topological polar surface area (TPSA) is 76.7 Å². The Morgan fingerprint density at radius 2 is 1.77 bits per heavy atom. The van der Waals surface area contributed by atoms with E-state index in [0.29, 0.717) is 17.6 Å². The van der Waals surface area contributed by atoms with E-state index < -0.39 is 47.6 Å². The summed E-state index contributed by atoms with van der Waals surface area (Å²) in [6, 6.07) is 8.34. The van der Waals surface area contributed by atoms with Crippen molar-refractivity contribution in [3.8, 4) is 11.5 Å². The average molecular weight is 366 g/mol. The monoisotopic (exact) mass is 366 g/mol. The number of carbonyl (C=O) groups is 2. The molecule has 0 aromatic heterocycles. The summed E-state index contributed by atoms with van der Waals surface area (Å²) in [4.78, 5) is 23.8. The first kappa shape index (κ1) is 17.6. The molecule has 0 spiro atoms. The molecular formula is C17H13F3N2O4. The van der Waals surface area contributed by atoms with Gasteiger partial charge in [-0.05, 0) is 24.3 Å². The van der Waals surface area contributed by atoms with Crippen molar-refractivity contribution in [2.75, 3.05) is 18.5 Å². The highest BCUT2D eigenvalue weighted by atomic mass is 19.2. The summed E-state index contributed by atoms with van der Waals surface area (Å²) < 4.78 is 50.3. The predicted octanol–water partition coefficient (Wildman–Crippen LogP) is 2.00. The van der Waals surface area contributed by atoms with Crippen molar-refractivity contribution in [3.63, 3.8) is 0 Å². The van der Waals surface area contributed by atoms with Crippen LogP contribution >= 0.6 is 0 Å². The van der Waals surface area contributed by atoms with Crippen LogP contribution in [0.2, 0.25) is 0 Å². The van der Waals surface area contributed by atoms with Crippen molar-refractivity contribution in [2.45, 2.75) is 6.10 Å². The molecule has 0 saturated heterocycles. The molecule has 1 aliphatic rings. The Labute approximate surface area is 145 Å². The van der Waals surface area contributed by atoms with E-state index >= 15 is 0 Å². The number of halogens is 3. The molecule has 9 heteroatoms. The maximum absolute atomic E-state index is 13.5. The number of carbonyl (C=O) groups excluding carboxylic acids is 2. The molecule has 2 amide bonds. The number of fused-ring (bicyclic) bond motifs is 1. The largest absolute Gasteiger partial charge is 0.485 e. The van der Waals surface area contributed by atoms with Crippen molar-refractivity contribution < 1.29 is 32.2 Å². The van der Waals surface area contributed by atoms with Gasteiger partial charge in [-0.2, -0.15) is 0 Å². The first-order chi connectivity index (χ1) is 12.5. The molecule has 0 fully saturated rings. The third kappa shape index (κ3) is 3.71. The number of nitrogens with one attached hydrogen (secondary N) is 2. The molecule has 3 rings (SSSR count). The highest BCUT2D eigenvalue weighted by Crippen LogP contribution is 2.30. The molecule has 6 nitrogen and oxygen atoms in total. The highest BCUT2D eigenvalue weighted by Gasteiger charge is 2.27. The van der Waals surface area contributed by atoms with Gasteiger partial charge in [0.05, 0.1) is 12.2 Å². The zero-order valence-corrected chi connectivity index (χ0v) is 13.2. The minimum atomic E-state index is -1.70. The smallest absolute Gasteiger partial charge is 0.265 e. The van der Waals surface area contributed by atoms with Gasteiger partial charge >= 0.3 is 0 Å². The number of anilines is 1. The summed E-state index contributed by atoms with van der Waals surface area (Å²) in [6.45, 7) is -0.555. The van der Waals surface area contributed by atoms with E-state index in [-0.39, 0.29) is 6.61 Å². The van der Waals surface area contributed by atoms with Crippen molar-refractivity contribution in [1.29, 1.82) is 0 Å². The Morgan fingerprint density at radius 3 is 2.54 bits per heavy atom. The van der Waals surface area contributed by atoms with Crippen LogP contribution in [0.15, 0.2) is 36.4 Å². The van der Waals surface area contributed by atoms with Crippen LogP contribution < -0.4 is 20.1 Å². The summed E-state index contributed by atoms with van der Waals surface area (Å²) in [6.07, 6.45) is -0.960. The zero-order valence-electron chi connectivity index (χ0n) is 13.2. The summed E-state index contributed by atoms with van der Waals surface area (Å²) in [5.74, 6) is -5.12. The molecule has 2 aromatic rings. The minimum Gasteiger partial charge on any atom is -0.485 e. The SMILES string of the molecule is O=C(CNC(=O)C1COc2ccccc2O1)Nc1ccc(F)c(F)c1F. The van der Waals surface area contributed by atoms with Gasteiger partial charge in [0.25, 0.3) is 5.91 Å². The molecule has 0 aliphatic carbocycles. The maximum Gasteiger partial charge on any atom is 0.265 e. The lowest BCUT2D eigenvalue weighted by molar-refractivity contribution is -0.131. The van der Waals surface area contributed by atoms with Crippen LogP contribution in [-0.4, -0.2) is 31.1 Å². The molecule has 2 N–H and O–H groups in total. The van der Waals surface area contributed by atoms with Gasteiger partial charge in [0.2, 0.25) is 12.0 Å². The molecule has 136 valence electrons. The Morgan fingerprint density at radius 1 is 1.04 bits per heavy atom. The van der Waals surface area contributed by atoms with Gasteiger partial charge in [-0.3, -0.25) is 9.59 Å². The van der Waals surface area contributed by atoms with Crippen LogP contribution in [0.1, 0.15) is 0 Å². The van der Waals surface area contributed by atoms with Gasteiger partial charge in [0, 0.05) is 0 Å². The molecule has 1 heterocycles. The van der Waals surface area contributed by atoms with Gasteiger partial charge in [-0.1, -0.05) is 12.1 Å². The van der Waals surface area contributed by atoms with Crippen LogP contribution in [0.4, 0.5) is 18.9 Å². The molecule has 0 saturated carbocycles. The van der Waals surface area contributed by atoms with E-state index in [9.17, 15) is 22.8 Å². The van der Waals surface area contributed by atoms with Crippen LogP contribution in [0.3, 0.4) is 0 Å². The molecule has 1 unspecified atom stereocenters. The number of para-hydroxylation sites is 2. The van der Waals surface area contributed by atoms with Crippen molar-refractivity contribution in [3.05, 3.63) is 53.8 Å². The molecule has 1 aliphatic heterocycles. The van der Waals surface area contributed by atoms with E-state index in [2.05, 4.69) is 5.32 Å². The molecule has 0 bridgehead atoms. The highest BCUT2D eigenvalue weighted by molar-refractivity contribution is 5.95. The predicted molar refractivity (Wildman–Crippen MR) is 84.3 cm³/mol. The molecule has 0 radical (unpaired) electrons. The number of amides is 2. The Hall–Kier alpha value is -3.23. The second kappa shape index (κ2) is 7.34. The number of ether oxygens (including phenoxy) is 2. The van der Waals surface area contributed by atoms with Crippen LogP contribution in [0.25, 0.3) is 0 Å². The summed E-state index contributed by atoms with van der Waals surface area (Å²) >= 11 is 0. The van der Waals surface area contributed by atoms with E-state index in [1.165, 1.54) is 0 Å². The molecule has 2 aromatic carbocycles. The van der Waals surface area contributed by atoms with Crippen LogP contribution in [0, 0.1) is 17.5 Å². The fourth-order valence-electron chi connectivity index (χ4n) is 2.25. The van der Waals surface area contributed by atoms with Gasteiger partial charge in [-0.15, -0.1) is 0 Å². The third-order valence-corrected chi connectivity index (χ3v) is 3.53. The first-order valence-corrected chi connectivity index (χ1v) is 7.55. The fraction of sp³-hybridized carbons (Fsp3) is 0.176. The van der Waals surface area contributed by atoms with Crippen LogP contribution in [-0.2, 0) is 9.59 Å². The molecule has 26 heavy (non-hydrogen) atoms. The minimum absolute atomic E-state index is 0.0394. The second-order valence-electron chi connectivity index (χ2n) is 5.35. The number of rotatable bonds is 4. The molecular weight excluding hydrogens is 353 g/mol. The van der Waals surface area contributed by atoms with Gasteiger partial charge in [0.1, 0.15) is 6.61 Å². The second-order valence-corrected chi connectivity index (χ2v) is 5.35. The van der Waals surface area contributed by atoms with Gasteiger partial charge < -0.3 is 20.1 Å². The standard InChI is InChI=1S/C17H13F3N2O4/c18-9-5-6-10(16(20)15(9)19)22-14(23)7-21-17(24)13-8-25-11-3-1-2-4-12(11)26-13/h1-6,13H,7-8H2,(H,21,24)(H,22,23). The number of hydrogen-bond donors (Lipinski definition) is 2. The van der Waals surface area contributed by atoms with Crippen LogP contribution in [0.5, 0.6) is 11.5 Å². The summed E-state index contributed by atoms with van der Waals surface area (Å²) in [7, 11) is 0. The quantitative estimate of drug-likeness (QED) is 0.812. The Bertz CT molecular complexity index is 860. The fourth-order valence-corrected chi connectivity index (χ4v) is 2.25. The Balaban J connectivity index is 1.54. The molecule has 1 atom stereocenters. The zero-order chi connectivity index (χ0) is 18.7.